The fourth-order valence-electron chi connectivity index (χ4n) is 5.43. The maximum atomic E-state index is 6.39. The van der Waals surface area contributed by atoms with Gasteiger partial charge in [0.2, 0.25) is 0 Å². The third-order valence-electron chi connectivity index (χ3n) is 7.17. The van der Waals surface area contributed by atoms with Crippen LogP contribution in [0.3, 0.4) is 0 Å². The predicted octanol–water partition coefficient (Wildman–Crippen LogP) is 9.76. The van der Waals surface area contributed by atoms with Crippen LogP contribution in [0.2, 0.25) is 10.0 Å². The van der Waals surface area contributed by atoms with E-state index in [0.717, 1.165) is 27.4 Å². The van der Waals surface area contributed by atoms with Gasteiger partial charge < -0.3 is 0 Å². The van der Waals surface area contributed by atoms with Crippen molar-refractivity contribution in [2.45, 2.75) is 8.95 Å². The molecule has 0 saturated carbocycles. The Morgan fingerprint density at radius 1 is 0.564 bits per heavy atom. The lowest BCUT2D eigenvalue weighted by atomic mass is 9.82. The van der Waals surface area contributed by atoms with Crippen molar-refractivity contribution in [1.29, 1.82) is 0 Å². The van der Waals surface area contributed by atoms with Gasteiger partial charge >= 0.3 is 0 Å². The van der Waals surface area contributed by atoms with Crippen LogP contribution in [0, 0.1) is 0 Å². The number of benzene rings is 5. The number of hydrogen-bond acceptors (Lipinski definition) is 4. The van der Waals surface area contributed by atoms with Gasteiger partial charge in [0.15, 0.2) is 4.20 Å². The second kappa shape index (κ2) is 9.79. The molecule has 0 N–H and O–H groups in total. The van der Waals surface area contributed by atoms with E-state index in [1.165, 1.54) is 11.1 Å². The first kappa shape index (κ1) is 24.9. The lowest BCUT2D eigenvalue weighted by Gasteiger charge is -2.37. The highest BCUT2D eigenvalue weighted by Crippen LogP contribution is 2.71. The first-order valence-electron chi connectivity index (χ1n) is 12.6. The van der Waals surface area contributed by atoms with Crippen LogP contribution in [0.4, 0.5) is 5.69 Å². The zero-order chi connectivity index (χ0) is 26.5. The Balaban J connectivity index is 1.50. The van der Waals surface area contributed by atoms with Gasteiger partial charge in [-0.3, -0.25) is 0 Å². The predicted molar refractivity (Wildman–Crippen MR) is 168 cm³/mol. The normalized spacial score (nSPS) is 19.2. The van der Waals surface area contributed by atoms with Crippen LogP contribution in [-0.2, 0) is 8.95 Å². The molecule has 7 rings (SSSR count). The quantitative estimate of drug-likeness (QED) is 0.210. The van der Waals surface area contributed by atoms with Crippen LogP contribution in [0.25, 0.3) is 0 Å². The molecule has 0 aromatic heterocycles. The van der Waals surface area contributed by atoms with Crippen LogP contribution >= 0.6 is 46.7 Å². The molecule has 0 fully saturated rings. The van der Waals surface area contributed by atoms with Gasteiger partial charge in [-0.25, -0.2) is 5.01 Å². The molecule has 2 aliphatic rings. The van der Waals surface area contributed by atoms with Gasteiger partial charge in [-0.2, -0.15) is 5.10 Å². The molecular formula is C33H22Cl2N2S2. The molecule has 1 atom stereocenters. The number of nitrogens with zero attached hydrogens (tertiary/aromatic N) is 2. The second-order valence-corrected chi connectivity index (χ2v) is 13.2. The fraction of sp³-hybridized carbons (Fsp3) is 0.0606. The van der Waals surface area contributed by atoms with Crippen molar-refractivity contribution in [1.82, 2.24) is 0 Å². The van der Waals surface area contributed by atoms with E-state index in [-0.39, 0.29) is 0 Å². The summed E-state index contributed by atoms with van der Waals surface area (Å²) in [6, 6.07) is 46.1. The number of thioether (sulfide) groups is 2. The van der Waals surface area contributed by atoms with Crippen molar-refractivity contribution >= 4 is 57.5 Å². The largest absolute Gasteiger partial charge is 0.233 e. The molecule has 0 radical (unpaired) electrons. The van der Waals surface area contributed by atoms with E-state index >= 15 is 0 Å². The summed E-state index contributed by atoms with van der Waals surface area (Å²) in [7, 11) is 0. The molecule has 2 nitrogen and oxygen atoms in total. The van der Waals surface area contributed by atoms with E-state index in [2.05, 4.69) is 102 Å². The molecular weight excluding hydrogens is 559 g/mol. The summed E-state index contributed by atoms with van der Waals surface area (Å²) in [5.74, 6) is 0. The number of hydrazone groups is 1. The molecule has 0 unspecified atom stereocenters. The van der Waals surface area contributed by atoms with Crippen LogP contribution in [0.1, 0.15) is 27.8 Å². The summed E-state index contributed by atoms with van der Waals surface area (Å²) in [5, 5.41) is 9.92. The molecule has 0 aliphatic carbocycles. The molecule has 5 aromatic rings. The maximum Gasteiger partial charge on any atom is 0.187 e. The van der Waals surface area contributed by atoms with E-state index in [1.807, 2.05) is 48.2 Å². The topological polar surface area (TPSA) is 15.6 Å². The highest BCUT2D eigenvalue weighted by Gasteiger charge is 2.61. The van der Waals surface area contributed by atoms with Crippen molar-refractivity contribution in [2.75, 3.05) is 5.01 Å². The van der Waals surface area contributed by atoms with E-state index in [4.69, 9.17) is 28.3 Å². The molecule has 5 aromatic carbocycles. The Morgan fingerprint density at radius 2 is 1.08 bits per heavy atom. The summed E-state index contributed by atoms with van der Waals surface area (Å²) in [6.45, 7) is 0. The van der Waals surface area contributed by atoms with Crippen LogP contribution in [0.5, 0.6) is 0 Å². The van der Waals surface area contributed by atoms with Crippen LogP contribution in [0.15, 0.2) is 139 Å². The minimum absolute atomic E-state index is 0.520. The Hall–Kier alpha value is -3.15. The summed E-state index contributed by atoms with van der Waals surface area (Å²) < 4.78 is -1.07. The Bertz CT molecular complexity index is 1630. The second-order valence-electron chi connectivity index (χ2n) is 9.45. The van der Waals surface area contributed by atoms with Crippen molar-refractivity contribution in [3.05, 3.63) is 171 Å². The highest BCUT2D eigenvalue weighted by molar-refractivity contribution is 8.26. The summed E-state index contributed by atoms with van der Waals surface area (Å²) in [6.07, 6.45) is 0. The maximum absolute atomic E-state index is 6.39. The average Bonchev–Trinajstić information content (AvgIpc) is 3.52. The van der Waals surface area contributed by atoms with Crippen LogP contribution < -0.4 is 5.01 Å². The number of hydrogen-bond donors (Lipinski definition) is 0. The molecule has 0 amide bonds. The van der Waals surface area contributed by atoms with Crippen molar-refractivity contribution in [3.63, 3.8) is 0 Å². The Morgan fingerprint density at radius 3 is 1.67 bits per heavy atom. The highest BCUT2D eigenvalue weighted by atomic mass is 35.5. The zero-order valence-corrected chi connectivity index (χ0v) is 23.8. The van der Waals surface area contributed by atoms with Gasteiger partial charge in [0.05, 0.1) is 10.4 Å². The number of halogens is 2. The summed E-state index contributed by atoms with van der Waals surface area (Å²) >= 11 is 16.5. The third-order valence-corrected chi connectivity index (χ3v) is 11.0. The zero-order valence-electron chi connectivity index (χ0n) is 20.7. The Labute approximate surface area is 246 Å². The van der Waals surface area contributed by atoms with Gasteiger partial charge in [0, 0.05) is 21.2 Å². The number of anilines is 1. The monoisotopic (exact) mass is 580 g/mol. The molecule has 190 valence electrons. The van der Waals surface area contributed by atoms with Crippen molar-refractivity contribution in [3.8, 4) is 0 Å². The number of para-hydroxylation sites is 1. The van der Waals surface area contributed by atoms with E-state index in [1.54, 1.807) is 11.8 Å². The lowest BCUT2D eigenvalue weighted by Crippen LogP contribution is -2.33. The minimum Gasteiger partial charge on any atom is -0.233 e. The summed E-state index contributed by atoms with van der Waals surface area (Å²) in [4.78, 5) is 0. The minimum atomic E-state index is -0.553. The molecule has 39 heavy (non-hydrogen) atoms. The number of fused-ring (bicyclic) bond motifs is 2. The van der Waals surface area contributed by atoms with Gasteiger partial charge in [-0.15, -0.1) is 0 Å². The summed E-state index contributed by atoms with van der Waals surface area (Å²) in [5.41, 5.74) is 6.92. The van der Waals surface area contributed by atoms with Gasteiger partial charge in [-0.1, -0.05) is 144 Å². The van der Waals surface area contributed by atoms with Gasteiger partial charge in [0.1, 0.15) is 5.04 Å². The smallest absolute Gasteiger partial charge is 0.187 e. The molecule has 2 aliphatic heterocycles. The van der Waals surface area contributed by atoms with Crippen molar-refractivity contribution in [2.24, 2.45) is 5.10 Å². The van der Waals surface area contributed by atoms with Crippen LogP contribution in [-0.4, -0.2) is 5.04 Å². The Kier molecular flexibility index (Phi) is 6.24. The molecule has 2 heterocycles. The first-order chi connectivity index (χ1) is 19.1. The average molecular weight is 582 g/mol. The van der Waals surface area contributed by atoms with Gasteiger partial charge in [0.25, 0.3) is 0 Å². The van der Waals surface area contributed by atoms with E-state index in [9.17, 15) is 0 Å². The SMILES string of the molecule is Clc1ccc(C2(c3ccc(Cl)cc3)S[C@]3(SC(c4ccccc4)=NN3c3ccccc3)c3ccccc32)cc1. The molecule has 6 heteroatoms. The fourth-order valence-corrected chi connectivity index (χ4v) is 9.35. The lowest BCUT2D eigenvalue weighted by molar-refractivity contribution is 0.806. The van der Waals surface area contributed by atoms with E-state index < -0.39 is 8.95 Å². The van der Waals surface area contributed by atoms with E-state index in [0.29, 0.717) is 10.0 Å². The molecule has 0 bridgehead atoms. The number of rotatable bonds is 4. The standard InChI is InChI=1S/C33H22Cl2N2S2/c34-26-19-15-24(16-20-26)32(25-17-21-27(35)22-18-25)29-13-7-8-14-30(29)33(39-32)37(28-11-5-2-6-12-28)36-31(38-33)23-9-3-1-4-10-23/h1-22H/t33-/m1/s1. The third kappa shape index (κ3) is 4.01. The van der Waals surface area contributed by atoms with Gasteiger partial charge in [-0.05, 0) is 53.1 Å². The molecule has 1 spiro atoms. The molecule has 0 saturated heterocycles. The van der Waals surface area contributed by atoms with Crippen molar-refractivity contribution < 1.29 is 0 Å². The first-order valence-corrected chi connectivity index (χ1v) is 15.0.